The van der Waals surface area contributed by atoms with E-state index in [1.807, 2.05) is 6.92 Å². The highest BCUT2D eigenvalue weighted by Gasteiger charge is 2.08. The van der Waals surface area contributed by atoms with Crippen molar-refractivity contribution in [2.24, 2.45) is 0 Å². The van der Waals surface area contributed by atoms with Gasteiger partial charge in [-0.1, -0.05) is 19.1 Å². The molecule has 0 heterocycles. The molecule has 1 amide bonds. The summed E-state index contributed by atoms with van der Waals surface area (Å²) < 4.78 is 5.45. The Kier molecular flexibility index (Phi) is 5.60. The lowest BCUT2D eigenvalue weighted by molar-refractivity contribution is -0.134. The summed E-state index contributed by atoms with van der Waals surface area (Å²) in [4.78, 5) is 21.9. The average molecular weight is 263 g/mol. The summed E-state index contributed by atoms with van der Waals surface area (Å²) in [6, 6.07) is 7.03. The van der Waals surface area contributed by atoms with Gasteiger partial charge in [0.15, 0.2) is 0 Å². The minimum atomic E-state index is -1.19. The Hall–Kier alpha value is -2.30. The van der Waals surface area contributed by atoms with Crippen molar-refractivity contribution in [1.29, 1.82) is 0 Å². The van der Waals surface area contributed by atoms with Gasteiger partial charge in [0.1, 0.15) is 11.4 Å². The first-order valence-electron chi connectivity index (χ1n) is 5.98. The fraction of sp³-hybridized carbons (Fsp3) is 0.286. The topological polar surface area (TPSA) is 75.6 Å². The molecule has 0 saturated heterocycles. The third-order valence-corrected chi connectivity index (χ3v) is 2.18. The Labute approximate surface area is 111 Å². The van der Waals surface area contributed by atoms with Gasteiger partial charge in [0.05, 0.1) is 6.61 Å². The molecule has 0 saturated carbocycles. The molecule has 1 aromatic rings. The van der Waals surface area contributed by atoms with Crippen molar-refractivity contribution in [3.8, 4) is 5.75 Å². The first kappa shape index (κ1) is 14.8. The number of hydrogen-bond donors (Lipinski definition) is 2. The van der Waals surface area contributed by atoms with E-state index in [4.69, 9.17) is 9.84 Å². The average Bonchev–Trinajstić information content (AvgIpc) is 2.35. The van der Waals surface area contributed by atoms with E-state index < -0.39 is 11.9 Å². The van der Waals surface area contributed by atoms with E-state index in [1.165, 1.54) is 13.0 Å². The lowest BCUT2D eigenvalue weighted by atomic mass is 10.2. The van der Waals surface area contributed by atoms with Crippen LogP contribution in [0.5, 0.6) is 5.75 Å². The van der Waals surface area contributed by atoms with Crippen LogP contribution in [0.4, 0.5) is 0 Å². The fourth-order valence-electron chi connectivity index (χ4n) is 1.42. The summed E-state index contributed by atoms with van der Waals surface area (Å²) in [7, 11) is 0. The van der Waals surface area contributed by atoms with Gasteiger partial charge < -0.3 is 15.2 Å². The molecule has 0 fully saturated rings. The Morgan fingerprint density at radius 1 is 1.42 bits per heavy atom. The number of carbonyl (C=O) groups is 2. The minimum Gasteiger partial charge on any atom is -0.494 e. The third-order valence-electron chi connectivity index (χ3n) is 2.18. The molecule has 2 N–H and O–H groups in total. The number of benzene rings is 1. The smallest absolute Gasteiger partial charge is 0.352 e. The molecule has 19 heavy (non-hydrogen) atoms. The molecule has 0 aliphatic heterocycles. The number of carboxylic acid groups (broad SMARTS) is 1. The van der Waals surface area contributed by atoms with E-state index in [1.54, 1.807) is 24.3 Å². The molecule has 1 aromatic carbocycles. The highest BCUT2D eigenvalue weighted by atomic mass is 16.5. The molecule has 0 aliphatic carbocycles. The lowest BCUT2D eigenvalue weighted by Gasteiger charge is -2.06. The molecule has 0 bridgehead atoms. The van der Waals surface area contributed by atoms with Crippen LogP contribution in [0.1, 0.15) is 25.8 Å². The second-order valence-electron chi connectivity index (χ2n) is 3.97. The second kappa shape index (κ2) is 7.20. The largest absolute Gasteiger partial charge is 0.494 e. The van der Waals surface area contributed by atoms with Crippen LogP contribution in [0, 0.1) is 0 Å². The van der Waals surface area contributed by atoms with Gasteiger partial charge in [-0.3, -0.25) is 4.79 Å². The van der Waals surface area contributed by atoms with E-state index in [9.17, 15) is 9.59 Å². The minimum absolute atomic E-state index is 0.167. The molecule has 0 spiro atoms. The molecule has 5 heteroatoms. The monoisotopic (exact) mass is 263 g/mol. The summed E-state index contributed by atoms with van der Waals surface area (Å²) in [5, 5.41) is 11.3. The van der Waals surface area contributed by atoms with E-state index in [-0.39, 0.29) is 5.70 Å². The van der Waals surface area contributed by atoms with Gasteiger partial charge in [-0.2, -0.15) is 0 Å². The van der Waals surface area contributed by atoms with Crippen LogP contribution in [0.25, 0.3) is 6.08 Å². The lowest BCUT2D eigenvalue weighted by Crippen LogP contribution is -2.24. The van der Waals surface area contributed by atoms with Crippen molar-refractivity contribution >= 4 is 18.0 Å². The van der Waals surface area contributed by atoms with Crippen LogP contribution in [0.15, 0.2) is 30.0 Å². The predicted octanol–water partition coefficient (Wildman–Crippen LogP) is 2.04. The Morgan fingerprint density at radius 2 is 2.16 bits per heavy atom. The van der Waals surface area contributed by atoms with Crippen molar-refractivity contribution in [3.05, 3.63) is 35.5 Å². The maximum atomic E-state index is 11.0. The third kappa shape index (κ3) is 5.25. The van der Waals surface area contributed by atoms with E-state index in [0.717, 1.165) is 6.42 Å². The molecule has 0 unspecified atom stereocenters. The van der Waals surface area contributed by atoms with E-state index >= 15 is 0 Å². The van der Waals surface area contributed by atoms with Crippen LogP contribution in [0.3, 0.4) is 0 Å². The Morgan fingerprint density at radius 3 is 2.74 bits per heavy atom. The van der Waals surface area contributed by atoms with Gasteiger partial charge in [-0.05, 0) is 30.2 Å². The molecule has 0 aromatic heterocycles. The standard InChI is InChI=1S/C14H17NO4/c1-3-7-19-12-6-4-5-11(8-12)9-13(14(17)18)15-10(2)16/h4-6,8-9H,3,7H2,1-2H3,(H,15,16)(H,17,18)/b13-9-. The van der Waals surface area contributed by atoms with Gasteiger partial charge in [-0.15, -0.1) is 0 Å². The van der Waals surface area contributed by atoms with Crippen LogP contribution in [-0.2, 0) is 9.59 Å². The normalized spacial score (nSPS) is 10.9. The molecule has 5 nitrogen and oxygen atoms in total. The molecule has 0 aliphatic rings. The number of aliphatic carboxylic acids is 1. The number of carbonyl (C=O) groups excluding carboxylic acids is 1. The van der Waals surface area contributed by atoms with Crippen molar-refractivity contribution in [3.63, 3.8) is 0 Å². The molecular weight excluding hydrogens is 246 g/mol. The number of ether oxygens (including phenoxy) is 1. The Balaban J connectivity index is 2.93. The summed E-state index contributed by atoms with van der Waals surface area (Å²) in [6.07, 6.45) is 2.29. The first-order valence-corrected chi connectivity index (χ1v) is 5.98. The van der Waals surface area contributed by atoms with Crippen molar-refractivity contribution < 1.29 is 19.4 Å². The van der Waals surface area contributed by atoms with Gasteiger partial charge >= 0.3 is 5.97 Å². The predicted molar refractivity (Wildman–Crippen MR) is 71.7 cm³/mol. The molecule has 0 atom stereocenters. The number of carboxylic acids is 1. The first-order chi connectivity index (χ1) is 9.02. The number of rotatable bonds is 6. The van der Waals surface area contributed by atoms with Crippen LogP contribution >= 0.6 is 0 Å². The van der Waals surface area contributed by atoms with Gasteiger partial charge in [0.25, 0.3) is 0 Å². The van der Waals surface area contributed by atoms with Gasteiger partial charge in [-0.25, -0.2) is 4.79 Å². The van der Waals surface area contributed by atoms with Crippen molar-refractivity contribution in [2.45, 2.75) is 20.3 Å². The zero-order valence-electron chi connectivity index (χ0n) is 11.0. The molecular formula is C14H17NO4. The van der Waals surface area contributed by atoms with E-state index in [0.29, 0.717) is 17.9 Å². The maximum Gasteiger partial charge on any atom is 0.352 e. The summed E-state index contributed by atoms with van der Waals surface area (Å²) in [5.41, 5.74) is 0.486. The maximum absolute atomic E-state index is 11.0. The number of nitrogens with one attached hydrogen (secondary N) is 1. The van der Waals surface area contributed by atoms with Gasteiger partial charge in [0, 0.05) is 6.92 Å². The quantitative estimate of drug-likeness (QED) is 0.770. The SMILES string of the molecule is CCCOc1cccc(/C=C(\NC(C)=O)C(=O)O)c1. The van der Waals surface area contributed by atoms with Crippen LogP contribution < -0.4 is 10.1 Å². The molecule has 0 radical (unpaired) electrons. The van der Waals surface area contributed by atoms with Gasteiger partial charge in [0.2, 0.25) is 5.91 Å². The summed E-state index contributed by atoms with van der Waals surface area (Å²) in [6.45, 7) is 3.87. The zero-order chi connectivity index (χ0) is 14.3. The molecule has 102 valence electrons. The van der Waals surface area contributed by atoms with E-state index in [2.05, 4.69) is 5.32 Å². The van der Waals surface area contributed by atoms with Crippen LogP contribution in [-0.4, -0.2) is 23.6 Å². The Bertz CT molecular complexity index is 494. The summed E-state index contributed by atoms with van der Waals surface area (Å²) in [5.74, 6) is -0.940. The fourth-order valence-corrected chi connectivity index (χ4v) is 1.42. The van der Waals surface area contributed by atoms with Crippen LogP contribution in [0.2, 0.25) is 0 Å². The van der Waals surface area contributed by atoms with Crippen molar-refractivity contribution in [2.75, 3.05) is 6.61 Å². The number of amides is 1. The highest BCUT2D eigenvalue weighted by molar-refractivity contribution is 5.96. The van der Waals surface area contributed by atoms with Crippen molar-refractivity contribution in [1.82, 2.24) is 5.32 Å². The summed E-state index contributed by atoms with van der Waals surface area (Å²) >= 11 is 0. The number of hydrogen-bond acceptors (Lipinski definition) is 3. The zero-order valence-corrected chi connectivity index (χ0v) is 11.0. The molecule has 1 rings (SSSR count). The second-order valence-corrected chi connectivity index (χ2v) is 3.97. The highest BCUT2D eigenvalue weighted by Crippen LogP contribution is 2.15.